The Balaban J connectivity index is 1.12. The standard InChI is InChI=1S/C42H35N3O/c1-43-37-16-8-6-14-35(37)42-36-15-7-11-19-40(36)46-41(42)28-30-20-24-32(25-21-30)33-26-22-31(23-27-33)29-45(34-12-4-3-5-13-34)39-18-10-9-17-38(39)44-2/h3-13,15-27,35H,1-2,14,28-29H2. The molecule has 1 unspecified atom stereocenters. The number of furan rings is 1. The van der Waals surface area contributed by atoms with Gasteiger partial charge >= 0.3 is 0 Å². The number of rotatable bonds is 10. The lowest BCUT2D eigenvalue weighted by Gasteiger charge is -2.26. The topological polar surface area (TPSA) is 41.1 Å². The molecule has 46 heavy (non-hydrogen) atoms. The molecule has 0 bridgehead atoms. The highest BCUT2D eigenvalue weighted by atomic mass is 16.3. The number of hydrogen-bond donors (Lipinski definition) is 0. The van der Waals surface area contributed by atoms with Gasteiger partial charge < -0.3 is 9.32 Å². The maximum absolute atomic E-state index is 6.46. The molecule has 4 nitrogen and oxygen atoms in total. The van der Waals surface area contributed by atoms with Gasteiger partial charge in [-0.15, -0.1) is 0 Å². The van der Waals surface area contributed by atoms with Crippen molar-refractivity contribution < 1.29 is 4.42 Å². The Morgan fingerprint density at radius 1 is 0.696 bits per heavy atom. The lowest BCUT2D eigenvalue weighted by Crippen LogP contribution is -2.16. The minimum Gasteiger partial charge on any atom is -0.460 e. The second-order valence-electron chi connectivity index (χ2n) is 11.5. The molecule has 4 heteroatoms. The molecule has 1 aliphatic rings. The SMILES string of the molecule is C=NC1=CC=CCC1c1c(Cc2ccc(-c3ccc(CN(c4ccccc4)c4ccccc4N=C)cc3)cc2)oc2ccccc12. The Morgan fingerprint density at radius 3 is 2.11 bits per heavy atom. The Kier molecular flexibility index (Phi) is 8.25. The largest absolute Gasteiger partial charge is 0.460 e. The Morgan fingerprint density at radius 2 is 1.37 bits per heavy atom. The second-order valence-corrected chi connectivity index (χ2v) is 11.5. The van der Waals surface area contributed by atoms with E-state index in [1.165, 1.54) is 27.8 Å². The van der Waals surface area contributed by atoms with Crippen molar-refractivity contribution in [3.8, 4) is 11.1 Å². The minimum atomic E-state index is 0.137. The van der Waals surface area contributed by atoms with Gasteiger partial charge in [-0.1, -0.05) is 109 Å². The van der Waals surface area contributed by atoms with Crippen LogP contribution in [0, 0.1) is 0 Å². The van der Waals surface area contributed by atoms with Crippen molar-refractivity contribution in [3.05, 3.63) is 174 Å². The van der Waals surface area contributed by atoms with Crippen molar-refractivity contribution in [1.29, 1.82) is 0 Å². The minimum absolute atomic E-state index is 0.137. The number of benzene rings is 5. The zero-order valence-corrected chi connectivity index (χ0v) is 25.7. The van der Waals surface area contributed by atoms with Crippen LogP contribution in [0.5, 0.6) is 0 Å². The van der Waals surface area contributed by atoms with E-state index in [1.807, 2.05) is 36.4 Å². The molecule has 1 aromatic heterocycles. The van der Waals surface area contributed by atoms with E-state index in [0.29, 0.717) is 13.0 Å². The fraction of sp³-hybridized carbons (Fsp3) is 0.0952. The molecule has 0 fully saturated rings. The Labute approximate surface area is 270 Å². The first kappa shape index (κ1) is 29.0. The van der Waals surface area contributed by atoms with Gasteiger partial charge in [0.1, 0.15) is 11.3 Å². The van der Waals surface area contributed by atoms with E-state index in [2.05, 4.69) is 138 Å². The van der Waals surface area contributed by atoms with Gasteiger partial charge in [-0.2, -0.15) is 0 Å². The number of aliphatic imine (C=N–C) groups is 2. The van der Waals surface area contributed by atoms with Crippen molar-refractivity contribution in [1.82, 2.24) is 0 Å². The zero-order chi connectivity index (χ0) is 31.3. The van der Waals surface area contributed by atoms with Gasteiger partial charge in [0.25, 0.3) is 0 Å². The molecular formula is C42H35N3O. The molecule has 0 N–H and O–H groups in total. The van der Waals surface area contributed by atoms with Gasteiger partial charge in [-0.25, -0.2) is 0 Å². The highest BCUT2D eigenvalue weighted by Crippen LogP contribution is 2.41. The lowest BCUT2D eigenvalue weighted by molar-refractivity contribution is 0.550. The van der Waals surface area contributed by atoms with Gasteiger partial charge in [-0.05, 0) is 78.5 Å². The number of fused-ring (bicyclic) bond motifs is 1. The maximum atomic E-state index is 6.46. The van der Waals surface area contributed by atoms with Crippen LogP contribution in [0.25, 0.3) is 22.1 Å². The number of hydrogen-bond acceptors (Lipinski definition) is 4. The molecule has 1 heterocycles. The van der Waals surface area contributed by atoms with Crippen molar-refractivity contribution in [2.45, 2.75) is 25.3 Å². The summed E-state index contributed by atoms with van der Waals surface area (Å²) in [5.74, 6) is 1.13. The Bertz CT molecular complexity index is 2050. The normalized spacial score (nSPS) is 14.2. The average Bonchev–Trinajstić information content (AvgIpc) is 3.49. The number of para-hydroxylation sites is 4. The monoisotopic (exact) mass is 597 g/mol. The third-order valence-electron chi connectivity index (χ3n) is 8.73. The predicted molar refractivity (Wildman–Crippen MR) is 193 cm³/mol. The summed E-state index contributed by atoms with van der Waals surface area (Å²) < 4.78 is 6.46. The fourth-order valence-corrected chi connectivity index (χ4v) is 6.41. The van der Waals surface area contributed by atoms with Crippen LogP contribution >= 0.6 is 0 Å². The van der Waals surface area contributed by atoms with Crippen LogP contribution in [0.3, 0.4) is 0 Å². The fourth-order valence-electron chi connectivity index (χ4n) is 6.41. The molecule has 0 spiro atoms. The van der Waals surface area contributed by atoms with E-state index in [4.69, 9.17) is 4.42 Å². The molecule has 0 amide bonds. The highest BCUT2D eigenvalue weighted by molar-refractivity contribution is 5.84. The van der Waals surface area contributed by atoms with Crippen molar-refractivity contribution in [3.63, 3.8) is 0 Å². The quantitative estimate of drug-likeness (QED) is 0.147. The van der Waals surface area contributed by atoms with Gasteiger partial charge in [0.2, 0.25) is 0 Å². The summed E-state index contributed by atoms with van der Waals surface area (Å²) in [7, 11) is 0. The summed E-state index contributed by atoms with van der Waals surface area (Å²) >= 11 is 0. The molecular weight excluding hydrogens is 562 g/mol. The summed E-state index contributed by atoms with van der Waals surface area (Å²) in [5, 5.41) is 1.15. The van der Waals surface area contributed by atoms with Crippen molar-refractivity contribution in [2.75, 3.05) is 4.90 Å². The first-order chi connectivity index (χ1) is 22.7. The average molecular weight is 598 g/mol. The number of anilines is 2. The van der Waals surface area contributed by atoms with Gasteiger partial charge in [0.15, 0.2) is 0 Å². The molecule has 7 rings (SSSR count). The maximum Gasteiger partial charge on any atom is 0.134 e. The third kappa shape index (κ3) is 5.85. The van der Waals surface area contributed by atoms with Gasteiger partial charge in [-0.3, -0.25) is 9.98 Å². The van der Waals surface area contributed by atoms with E-state index >= 15 is 0 Å². The summed E-state index contributed by atoms with van der Waals surface area (Å²) in [5.41, 5.74) is 10.9. The molecule has 0 saturated carbocycles. The van der Waals surface area contributed by atoms with E-state index in [1.54, 1.807) is 0 Å². The molecule has 224 valence electrons. The van der Waals surface area contributed by atoms with Crippen LogP contribution in [0.15, 0.2) is 166 Å². The van der Waals surface area contributed by atoms with Crippen LogP contribution in [0.4, 0.5) is 17.1 Å². The van der Waals surface area contributed by atoms with Crippen molar-refractivity contribution in [2.24, 2.45) is 9.98 Å². The summed E-state index contributed by atoms with van der Waals surface area (Å²) in [6.07, 6.45) is 7.92. The zero-order valence-electron chi connectivity index (χ0n) is 25.7. The summed E-state index contributed by atoms with van der Waals surface area (Å²) in [4.78, 5) is 10.9. The smallest absolute Gasteiger partial charge is 0.134 e. The van der Waals surface area contributed by atoms with Crippen LogP contribution < -0.4 is 4.90 Å². The van der Waals surface area contributed by atoms with E-state index in [-0.39, 0.29) is 5.92 Å². The third-order valence-corrected chi connectivity index (χ3v) is 8.73. The number of allylic oxidation sites excluding steroid dienone is 4. The van der Waals surface area contributed by atoms with Crippen LogP contribution in [0.1, 0.15) is 34.8 Å². The molecule has 0 radical (unpaired) electrons. The molecule has 0 saturated heterocycles. The highest BCUT2D eigenvalue weighted by Gasteiger charge is 2.26. The molecule has 1 aliphatic carbocycles. The lowest BCUT2D eigenvalue weighted by atomic mass is 9.86. The van der Waals surface area contributed by atoms with Crippen LogP contribution in [0.2, 0.25) is 0 Å². The van der Waals surface area contributed by atoms with Gasteiger partial charge in [0.05, 0.1) is 11.4 Å². The van der Waals surface area contributed by atoms with Crippen LogP contribution in [-0.4, -0.2) is 13.4 Å². The van der Waals surface area contributed by atoms with E-state index in [0.717, 1.165) is 45.9 Å². The summed E-state index contributed by atoms with van der Waals surface area (Å²) in [6.45, 7) is 8.35. The first-order valence-electron chi connectivity index (χ1n) is 15.6. The van der Waals surface area contributed by atoms with E-state index in [9.17, 15) is 0 Å². The summed E-state index contributed by atoms with van der Waals surface area (Å²) in [6, 6.07) is 44.5. The molecule has 6 aromatic rings. The van der Waals surface area contributed by atoms with Gasteiger partial charge in [0, 0.05) is 41.2 Å². The van der Waals surface area contributed by atoms with Crippen molar-refractivity contribution >= 4 is 41.5 Å². The predicted octanol–water partition coefficient (Wildman–Crippen LogP) is 11.0. The van der Waals surface area contributed by atoms with E-state index < -0.39 is 0 Å². The first-order valence-corrected chi connectivity index (χ1v) is 15.6. The molecule has 1 atom stereocenters. The second kappa shape index (κ2) is 13.1. The van der Waals surface area contributed by atoms with Crippen LogP contribution in [-0.2, 0) is 13.0 Å². The number of nitrogens with zero attached hydrogens (tertiary/aromatic N) is 3. The molecule has 5 aromatic carbocycles. The molecule has 0 aliphatic heterocycles. The Hall–Kier alpha value is -5.74.